The van der Waals surface area contributed by atoms with E-state index < -0.39 is 49.5 Å². The molecule has 0 bridgehead atoms. The van der Waals surface area contributed by atoms with Crippen LogP contribution in [0.15, 0.2) is 0 Å². The maximum atomic E-state index is 13.1. The zero-order valence-electron chi connectivity index (χ0n) is 48.7. The molecule has 2 unspecified atom stereocenters. The van der Waals surface area contributed by atoms with Gasteiger partial charge in [0.25, 0.3) is 0 Å². The summed E-state index contributed by atoms with van der Waals surface area (Å²) in [7, 11) is 0. The Balaban J connectivity index is 2.02. The zero-order chi connectivity index (χ0) is 52.9. The van der Waals surface area contributed by atoms with Crippen molar-refractivity contribution in [3.63, 3.8) is 0 Å². The Bertz CT molecular complexity index is 1110. The molecule has 1 saturated heterocycles. The van der Waals surface area contributed by atoms with Crippen molar-refractivity contribution >= 4 is 5.91 Å². The lowest BCUT2D eigenvalue weighted by atomic mass is 9.99. The van der Waals surface area contributed by atoms with E-state index >= 15 is 0 Å². The molecule has 6 N–H and O–H groups in total. The lowest BCUT2D eigenvalue weighted by Crippen LogP contribution is -2.60. The maximum absolute atomic E-state index is 13.1. The smallest absolute Gasteiger partial charge is 0.220 e. The molecule has 0 aromatic rings. The van der Waals surface area contributed by atoms with Gasteiger partial charge >= 0.3 is 0 Å². The quantitative estimate of drug-likeness (QED) is 0.0330. The average Bonchev–Trinajstić information content (AvgIpc) is 3.39. The van der Waals surface area contributed by atoms with Gasteiger partial charge < -0.3 is 40.3 Å². The second kappa shape index (κ2) is 54.5. The fourth-order valence-corrected chi connectivity index (χ4v) is 11.0. The van der Waals surface area contributed by atoms with Crippen LogP contribution in [0.2, 0.25) is 0 Å². The van der Waals surface area contributed by atoms with Crippen LogP contribution in [-0.2, 0) is 14.3 Å². The standard InChI is InChI=1S/C64H127NO8/c1-3-5-7-9-11-13-15-17-19-20-21-22-23-24-25-26-27-28-29-30-31-32-33-34-35-36-37-38-39-40-42-44-46-48-50-52-54-60(68)65-57(56-72-64-63(71)62(70)61(69)59(55-66)73-64)58(67)53-51-49-47-45-43-41-18-16-14-12-10-8-6-4-2/h57-59,61-64,66-67,69-71H,3-56H2,1-2H3,(H,65,68)/t57-,58+,59+,61+,62?,63?,64+/m0/s1. The normalized spacial score (nSPS) is 18.9. The van der Waals surface area contributed by atoms with Crippen molar-refractivity contribution < 1.29 is 39.8 Å². The number of unbranched alkanes of at least 4 members (excludes halogenated alkanes) is 48. The maximum Gasteiger partial charge on any atom is 0.220 e. The third kappa shape index (κ3) is 43.8. The fourth-order valence-electron chi connectivity index (χ4n) is 11.0. The highest BCUT2D eigenvalue weighted by Crippen LogP contribution is 2.24. The van der Waals surface area contributed by atoms with E-state index in [0.717, 1.165) is 38.5 Å². The van der Waals surface area contributed by atoms with Crippen LogP contribution in [-0.4, -0.2) is 87.5 Å². The summed E-state index contributed by atoms with van der Waals surface area (Å²) < 4.78 is 11.3. The van der Waals surface area contributed by atoms with Crippen LogP contribution in [0.1, 0.15) is 348 Å². The van der Waals surface area contributed by atoms with Crippen LogP contribution in [0.25, 0.3) is 0 Å². The van der Waals surface area contributed by atoms with Crippen molar-refractivity contribution in [2.45, 2.75) is 391 Å². The van der Waals surface area contributed by atoms with E-state index in [1.54, 1.807) is 0 Å². The van der Waals surface area contributed by atoms with E-state index in [0.29, 0.717) is 12.8 Å². The van der Waals surface area contributed by atoms with Gasteiger partial charge in [-0.2, -0.15) is 0 Å². The summed E-state index contributed by atoms with van der Waals surface area (Å²) in [5.41, 5.74) is 0. The first-order valence-electron chi connectivity index (χ1n) is 32.7. The number of carbonyl (C=O) groups is 1. The molecule has 1 fully saturated rings. The Morgan fingerprint density at radius 1 is 0.411 bits per heavy atom. The van der Waals surface area contributed by atoms with Crippen LogP contribution >= 0.6 is 0 Å². The molecule has 0 aromatic carbocycles. The van der Waals surface area contributed by atoms with Crippen molar-refractivity contribution in [1.82, 2.24) is 5.32 Å². The number of ether oxygens (including phenoxy) is 2. The highest BCUT2D eigenvalue weighted by molar-refractivity contribution is 5.76. The Labute approximate surface area is 453 Å². The summed E-state index contributed by atoms with van der Waals surface area (Å²) in [6.07, 6.45) is 60.4. The Kier molecular flexibility index (Phi) is 52.5. The van der Waals surface area contributed by atoms with Crippen LogP contribution in [0, 0.1) is 0 Å². The van der Waals surface area contributed by atoms with Gasteiger partial charge in [0.15, 0.2) is 6.29 Å². The van der Waals surface area contributed by atoms with E-state index in [9.17, 15) is 30.3 Å². The largest absolute Gasteiger partial charge is 0.394 e. The molecule has 1 aliphatic rings. The second-order valence-corrected chi connectivity index (χ2v) is 23.3. The minimum atomic E-state index is -1.55. The van der Waals surface area contributed by atoms with E-state index in [2.05, 4.69) is 19.2 Å². The molecule has 0 radical (unpaired) electrons. The number of amides is 1. The van der Waals surface area contributed by atoms with Gasteiger partial charge in [0.05, 0.1) is 25.4 Å². The van der Waals surface area contributed by atoms with Crippen molar-refractivity contribution in [2.24, 2.45) is 0 Å². The van der Waals surface area contributed by atoms with Crippen LogP contribution in [0.3, 0.4) is 0 Å². The van der Waals surface area contributed by atoms with Crippen LogP contribution in [0.4, 0.5) is 0 Å². The first-order valence-corrected chi connectivity index (χ1v) is 32.7. The first kappa shape index (κ1) is 70.2. The minimum absolute atomic E-state index is 0.131. The van der Waals surface area contributed by atoms with E-state index in [4.69, 9.17) is 9.47 Å². The third-order valence-corrected chi connectivity index (χ3v) is 16.2. The van der Waals surface area contributed by atoms with Crippen molar-refractivity contribution in [3.05, 3.63) is 0 Å². The Morgan fingerprint density at radius 2 is 0.685 bits per heavy atom. The van der Waals surface area contributed by atoms with Gasteiger partial charge in [-0.05, 0) is 12.8 Å². The molecule has 1 heterocycles. The summed E-state index contributed by atoms with van der Waals surface area (Å²) in [6.45, 7) is 3.88. The predicted molar refractivity (Wildman–Crippen MR) is 309 cm³/mol. The van der Waals surface area contributed by atoms with E-state index in [1.165, 1.54) is 283 Å². The summed E-state index contributed by atoms with van der Waals surface area (Å²) >= 11 is 0. The SMILES string of the molecule is CCCCCCCCCCCCCCCCCCCCCCCCCCCCCCCCCCCCCCC(=O)N[C@@H](CO[C@@H]1O[C@H](CO)[C@@H](O)C(O)C1O)[C@H](O)CCCCCCCCCCCCCCCC. The molecule has 436 valence electrons. The molecule has 0 aliphatic carbocycles. The third-order valence-electron chi connectivity index (χ3n) is 16.2. The molecule has 0 saturated carbocycles. The predicted octanol–water partition coefficient (Wildman–Crippen LogP) is 17.0. The lowest BCUT2D eigenvalue weighted by Gasteiger charge is -2.40. The minimum Gasteiger partial charge on any atom is -0.394 e. The van der Waals surface area contributed by atoms with Gasteiger partial charge in [0.2, 0.25) is 5.91 Å². The number of carbonyl (C=O) groups excluding carboxylic acids is 1. The summed E-state index contributed by atoms with van der Waals surface area (Å²) in [4.78, 5) is 13.1. The fraction of sp³-hybridized carbons (Fsp3) is 0.984. The molecule has 0 spiro atoms. The average molecular weight is 1040 g/mol. The van der Waals surface area contributed by atoms with Gasteiger partial charge in [-0.25, -0.2) is 0 Å². The van der Waals surface area contributed by atoms with Crippen molar-refractivity contribution in [1.29, 1.82) is 0 Å². The highest BCUT2D eigenvalue weighted by atomic mass is 16.7. The summed E-state index contributed by atoms with van der Waals surface area (Å²) in [5.74, 6) is -0.136. The molecule has 1 aliphatic heterocycles. The first-order chi connectivity index (χ1) is 35.8. The molecule has 7 atom stereocenters. The van der Waals surface area contributed by atoms with Crippen LogP contribution in [0.5, 0.6) is 0 Å². The lowest BCUT2D eigenvalue weighted by molar-refractivity contribution is -0.302. The van der Waals surface area contributed by atoms with Gasteiger partial charge in [-0.1, -0.05) is 328 Å². The second-order valence-electron chi connectivity index (χ2n) is 23.3. The number of nitrogens with one attached hydrogen (secondary N) is 1. The summed E-state index contributed by atoms with van der Waals surface area (Å²) in [5, 5.41) is 54.7. The van der Waals surface area contributed by atoms with E-state index in [1.807, 2.05) is 0 Å². The number of aliphatic hydroxyl groups excluding tert-OH is 5. The molecule has 0 aromatic heterocycles. The Hall–Kier alpha value is -0.810. The number of hydrogen-bond donors (Lipinski definition) is 6. The highest BCUT2D eigenvalue weighted by Gasteiger charge is 2.44. The van der Waals surface area contributed by atoms with Gasteiger partial charge in [0.1, 0.15) is 24.4 Å². The van der Waals surface area contributed by atoms with Gasteiger partial charge in [-0.3, -0.25) is 4.79 Å². The van der Waals surface area contributed by atoms with Gasteiger partial charge in [0, 0.05) is 6.42 Å². The van der Waals surface area contributed by atoms with Crippen molar-refractivity contribution in [2.75, 3.05) is 13.2 Å². The Morgan fingerprint density at radius 3 is 0.973 bits per heavy atom. The topological polar surface area (TPSA) is 149 Å². The number of rotatable bonds is 58. The molecule has 73 heavy (non-hydrogen) atoms. The molecule has 9 nitrogen and oxygen atoms in total. The molecule has 9 heteroatoms. The van der Waals surface area contributed by atoms with Crippen molar-refractivity contribution in [3.8, 4) is 0 Å². The number of hydrogen-bond acceptors (Lipinski definition) is 8. The van der Waals surface area contributed by atoms with Gasteiger partial charge in [-0.15, -0.1) is 0 Å². The molecular weight excluding hydrogens is 911 g/mol. The number of aliphatic hydroxyl groups is 5. The molecular formula is C64H127NO8. The summed E-state index contributed by atoms with van der Waals surface area (Å²) in [6, 6.07) is -0.713. The molecule has 1 rings (SSSR count). The zero-order valence-corrected chi connectivity index (χ0v) is 48.7. The molecule has 1 amide bonds. The monoisotopic (exact) mass is 1040 g/mol. The van der Waals surface area contributed by atoms with Crippen LogP contribution < -0.4 is 5.32 Å². The van der Waals surface area contributed by atoms with E-state index in [-0.39, 0.29) is 12.5 Å².